The van der Waals surface area contributed by atoms with Crippen molar-refractivity contribution in [3.8, 4) is 0 Å². The molecule has 0 bridgehead atoms. The fourth-order valence-electron chi connectivity index (χ4n) is 1.49. The predicted molar refractivity (Wildman–Crippen MR) is 70.8 cm³/mol. The molecule has 3 N–H and O–H groups in total. The van der Waals surface area contributed by atoms with Crippen LogP contribution in [0.1, 0.15) is 47.0 Å². The van der Waals surface area contributed by atoms with Gasteiger partial charge < -0.3 is 15.8 Å². The molecular weight excluding hydrogens is 216 g/mol. The van der Waals surface area contributed by atoms with Crippen molar-refractivity contribution >= 4 is 5.91 Å². The maximum atomic E-state index is 11.7. The van der Waals surface area contributed by atoms with Crippen LogP contribution in [-0.4, -0.2) is 31.2 Å². The van der Waals surface area contributed by atoms with E-state index < -0.39 is 5.54 Å². The number of carbonyl (C=O) groups excluding carboxylic acids is 1. The molecule has 1 atom stereocenters. The molecule has 0 aromatic carbocycles. The number of carbonyl (C=O) groups is 1. The molecule has 4 heteroatoms. The van der Waals surface area contributed by atoms with Gasteiger partial charge in [0, 0.05) is 13.2 Å². The van der Waals surface area contributed by atoms with Gasteiger partial charge in [0.15, 0.2) is 0 Å². The number of hydrogen-bond acceptors (Lipinski definition) is 3. The maximum Gasteiger partial charge on any atom is 0.239 e. The highest BCUT2D eigenvalue weighted by molar-refractivity contribution is 5.85. The molecule has 0 aliphatic rings. The Balaban J connectivity index is 3.58. The van der Waals surface area contributed by atoms with Crippen LogP contribution in [0.15, 0.2) is 0 Å². The lowest BCUT2D eigenvalue weighted by Gasteiger charge is -2.22. The minimum Gasteiger partial charge on any atom is -0.380 e. The molecule has 1 unspecified atom stereocenters. The third-order valence-electron chi connectivity index (χ3n) is 2.66. The van der Waals surface area contributed by atoms with Crippen LogP contribution in [0.25, 0.3) is 0 Å². The molecular formula is C13H28N2O2. The van der Waals surface area contributed by atoms with Gasteiger partial charge in [-0.05, 0) is 25.7 Å². The SMILES string of the molecule is CCCC(C)(N)C(=O)NCCOCCC(C)C. The van der Waals surface area contributed by atoms with Crippen LogP contribution in [0.5, 0.6) is 0 Å². The lowest BCUT2D eigenvalue weighted by Crippen LogP contribution is -2.52. The molecule has 0 radical (unpaired) electrons. The normalized spacial score (nSPS) is 14.7. The molecule has 0 fully saturated rings. The van der Waals surface area contributed by atoms with Gasteiger partial charge >= 0.3 is 0 Å². The van der Waals surface area contributed by atoms with Gasteiger partial charge in [0.1, 0.15) is 0 Å². The van der Waals surface area contributed by atoms with Crippen molar-refractivity contribution in [2.24, 2.45) is 11.7 Å². The fourth-order valence-corrected chi connectivity index (χ4v) is 1.49. The zero-order valence-corrected chi connectivity index (χ0v) is 11.7. The highest BCUT2D eigenvalue weighted by Crippen LogP contribution is 2.07. The first-order valence-corrected chi connectivity index (χ1v) is 6.55. The van der Waals surface area contributed by atoms with E-state index in [4.69, 9.17) is 10.5 Å². The van der Waals surface area contributed by atoms with Crippen LogP contribution in [0.3, 0.4) is 0 Å². The Labute approximate surface area is 105 Å². The number of ether oxygens (including phenoxy) is 1. The smallest absolute Gasteiger partial charge is 0.239 e. The minimum atomic E-state index is -0.757. The molecule has 0 saturated carbocycles. The Morgan fingerprint density at radius 3 is 2.59 bits per heavy atom. The largest absolute Gasteiger partial charge is 0.380 e. The van der Waals surface area contributed by atoms with Crippen LogP contribution in [0.4, 0.5) is 0 Å². The third-order valence-corrected chi connectivity index (χ3v) is 2.66. The molecule has 102 valence electrons. The van der Waals surface area contributed by atoms with Crippen molar-refractivity contribution in [1.82, 2.24) is 5.32 Å². The minimum absolute atomic E-state index is 0.0909. The molecule has 0 rings (SSSR count). The summed E-state index contributed by atoms with van der Waals surface area (Å²) < 4.78 is 5.41. The maximum absolute atomic E-state index is 11.7. The zero-order valence-electron chi connectivity index (χ0n) is 11.7. The Morgan fingerprint density at radius 2 is 2.06 bits per heavy atom. The van der Waals surface area contributed by atoms with E-state index in [1.807, 2.05) is 6.92 Å². The van der Waals surface area contributed by atoms with E-state index in [-0.39, 0.29) is 5.91 Å². The monoisotopic (exact) mass is 244 g/mol. The fraction of sp³-hybridized carbons (Fsp3) is 0.923. The number of nitrogens with one attached hydrogen (secondary N) is 1. The predicted octanol–water partition coefficient (Wildman–Crippen LogP) is 1.68. The quantitative estimate of drug-likeness (QED) is 0.607. The first kappa shape index (κ1) is 16.4. The lowest BCUT2D eigenvalue weighted by molar-refractivity contribution is -0.126. The summed E-state index contributed by atoms with van der Waals surface area (Å²) in [6.45, 7) is 9.96. The van der Waals surface area contributed by atoms with Gasteiger partial charge in [-0.1, -0.05) is 27.2 Å². The van der Waals surface area contributed by atoms with Crippen molar-refractivity contribution in [1.29, 1.82) is 0 Å². The van der Waals surface area contributed by atoms with E-state index in [0.717, 1.165) is 19.4 Å². The van der Waals surface area contributed by atoms with Gasteiger partial charge in [-0.25, -0.2) is 0 Å². The first-order valence-electron chi connectivity index (χ1n) is 6.55. The number of amides is 1. The van der Waals surface area contributed by atoms with Crippen molar-refractivity contribution < 1.29 is 9.53 Å². The molecule has 1 amide bonds. The molecule has 0 heterocycles. The van der Waals surface area contributed by atoms with Crippen molar-refractivity contribution in [2.75, 3.05) is 19.8 Å². The Bertz CT molecular complexity index is 215. The van der Waals surface area contributed by atoms with Crippen LogP contribution in [0, 0.1) is 5.92 Å². The Kier molecular flexibility index (Phi) is 8.17. The summed E-state index contributed by atoms with van der Waals surface area (Å²) in [6.07, 6.45) is 2.66. The molecule has 4 nitrogen and oxygen atoms in total. The second-order valence-corrected chi connectivity index (χ2v) is 5.22. The number of hydrogen-bond donors (Lipinski definition) is 2. The standard InChI is InChI=1S/C13H28N2O2/c1-5-7-13(4,14)12(16)15-8-10-17-9-6-11(2)3/h11H,5-10,14H2,1-4H3,(H,15,16). The highest BCUT2D eigenvalue weighted by atomic mass is 16.5. The number of rotatable bonds is 9. The molecule has 0 saturated heterocycles. The van der Waals surface area contributed by atoms with E-state index in [1.54, 1.807) is 6.92 Å². The second kappa shape index (κ2) is 8.48. The Morgan fingerprint density at radius 1 is 1.41 bits per heavy atom. The average molecular weight is 244 g/mol. The average Bonchev–Trinajstić information content (AvgIpc) is 2.22. The van der Waals surface area contributed by atoms with Gasteiger partial charge in [0.25, 0.3) is 0 Å². The molecule has 0 aliphatic carbocycles. The summed E-state index contributed by atoms with van der Waals surface area (Å²) in [5.74, 6) is 0.563. The van der Waals surface area contributed by atoms with Gasteiger partial charge in [-0.3, -0.25) is 4.79 Å². The van der Waals surface area contributed by atoms with Crippen LogP contribution < -0.4 is 11.1 Å². The molecule has 0 aromatic rings. The van der Waals surface area contributed by atoms with Crippen molar-refractivity contribution in [3.63, 3.8) is 0 Å². The lowest BCUT2D eigenvalue weighted by atomic mass is 9.97. The van der Waals surface area contributed by atoms with E-state index >= 15 is 0 Å². The van der Waals surface area contributed by atoms with Gasteiger partial charge in [0.2, 0.25) is 5.91 Å². The summed E-state index contributed by atoms with van der Waals surface area (Å²) in [7, 11) is 0. The van der Waals surface area contributed by atoms with Crippen LogP contribution in [-0.2, 0) is 9.53 Å². The van der Waals surface area contributed by atoms with E-state index in [9.17, 15) is 4.79 Å². The van der Waals surface area contributed by atoms with E-state index in [1.165, 1.54) is 0 Å². The summed E-state index contributed by atoms with van der Waals surface area (Å²) >= 11 is 0. The van der Waals surface area contributed by atoms with Gasteiger partial charge in [0.05, 0.1) is 12.1 Å². The van der Waals surface area contributed by atoms with Crippen molar-refractivity contribution in [2.45, 2.75) is 52.5 Å². The molecule has 0 aromatic heterocycles. The van der Waals surface area contributed by atoms with Crippen LogP contribution >= 0.6 is 0 Å². The molecule has 17 heavy (non-hydrogen) atoms. The van der Waals surface area contributed by atoms with Crippen LogP contribution in [0.2, 0.25) is 0 Å². The topological polar surface area (TPSA) is 64.4 Å². The summed E-state index contributed by atoms with van der Waals surface area (Å²) in [4.78, 5) is 11.7. The van der Waals surface area contributed by atoms with Crippen molar-refractivity contribution in [3.05, 3.63) is 0 Å². The van der Waals surface area contributed by atoms with Gasteiger partial charge in [-0.15, -0.1) is 0 Å². The van der Waals surface area contributed by atoms with E-state index in [0.29, 0.717) is 25.5 Å². The van der Waals surface area contributed by atoms with E-state index in [2.05, 4.69) is 19.2 Å². The summed E-state index contributed by atoms with van der Waals surface area (Å²) in [6, 6.07) is 0. The third kappa shape index (κ3) is 8.16. The molecule has 0 aliphatic heterocycles. The zero-order chi connectivity index (χ0) is 13.3. The first-order chi connectivity index (χ1) is 7.90. The molecule has 0 spiro atoms. The summed E-state index contributed by atoms with van der Waals surface area (Å²) in [5.41, 5.74) is 5.14. The highest BCUT2D eigenvalue weighted by Gasteiger charge is 2.26. The Hall–Kier alpha value is -0.610. The van der Waals surface area contributed by atoms with Gasteiger partial charge in [-0.2, -0.15) is 0 Å². The summed E-state index contributed by atoms with van der Waals surface area (Å²) in [5, 5.41) is 2.81. The number of nitrogens with two attached hydrogens (primary N) is 1. The second-order valence-electron chi connectivity index (χ2n) is 5.22.